The van der Waals surface area contributed by atoms with Crippen LogP contribution in [-0.4, -0.2) is 38.5 Å². The van der Waals surface area contributed by atoms with Crippen LogP contribution < -0.4 is 15.8 Å². The number of halogens is 3. The van der Waals surface area contributed by atoms with Crippen molar-refractivity contribution >= 4 is 11.8 Å². The highest BCUT2D eigenvalue weighted by atomic mass is 19.4. The predicted molar refractivity (Wildman–Crippen MR) is 125 cm³/mol. The molecule has 0 spiro atoms. The molecule has 1 aromatic carbocycles. The molecule has 8 nitrogen and oxygen atoms in total. The molecular weight excluding hydrogens is 475 g/mol. The molecule has 11 heteroatoms. The zero-order chi connectivity index (χ0) is 25.9. The Bertz CT molecular complexity index is 1260. The number of rotatable bonds is 6. The van der Waals surface area contributed by atoms with Gasteiger partial charge in [-0.25, -0.2) is 9.97 Å². The van der Waals surface area contributed by atoms with E-state index in [1.54, 1.807) is 23.7 Å². The first-order valence-corrected chi connectivity index (χ1v) is 11.5. The predicted octanol–water partition coefficient (Wildman–Crippen LogP) is 4.11. The number of imidazole rings is 1. The second-order valence-electron chi connectivity index (χ2n) is 8.83. The standard InChI is InChI=1S/C25H26F3N5O3/c1-33-14-30-13-21(33)15-10-16(12-17(11-15)25(26,27)28)23(35)32-18-4-2-5-19(8-7-18)36-24-20(22(29)34)6-3-9-31-24/h3,6,9-14,18-19H,2,4-5,7-8H2,1H3,(H2,29,34)(H,32,35)/t18-,19?/m0/s1. The Morgan fingerprint density at radius 2 is 1.97 bits per heavy atom. The third-order valence-electron chi connectivity index (χ3n) is 6.20. The molecule has 0 saturated heterocycles. The number of carbonyl (C=O) groups is 2. The number of pyridine rings is 1. The van der Waals surface area contributed by atoms with Gasteiger partial charge in [0.2, 0.25) is 5.88 Å². The van der Waals surface area contributed by atoms with Gasteiger partial charge >= 0.3 is 6.18 Å². The van der Waals surface area contributed by atoms with E-state index in [-0.39, 0.29) is 34.7 Å². The SMILES string of the molecule is Cn1cncc1-c1cc(C(=O)N[C@H]2CCCC(Oc3ncccc3C(N)=O)CC2)cc(C(F)(F)F)c1. The Morgan fingerprint density at radius 3 is 2.67 bits per heavy atom. The molecule has 1 saturated carbocycles. The smallest absolute Gasteiger partial charge is 0.416 e. The van der Waals surface area contributed by atoms with Crippen molar-refractivity contribution in [2.24, 2.45) is 12.8 Å². The number of nitrogens with zero attached hydrogens (tertiary/aromatic N) is 3. The van der Waals surface area contributed by atoms with Gasteiger partial charge in [0, 0.05) is 30.4 Å². The molecule has 2 atom stereocenters. The van der Waals surface area contributed by atoms with Crippen LogP contribution in [0.3, 0.4) is 0 Å². The highest BCUT2D eigenvalue weighted by molar-refractivity contribution is 5.96. The van der Waals surface area contributed by atoms with Crippen molar-refractivity contribution in [2.75, 3.05) is 0 Å². The number of hydrogen-bond donors (Lipinski definition) is 2. The summed E-state index contributed by atoms with van der Waals surface area (Å²) in [6, 6.07) is 6.22. The lowest BCUT2D eigenvalue weighted by Crippen LogP contribution is -2.34. The van der Waals surface area contributed by atoms with Crippen LogP contribution in [0.15, 0.2) is 49.1 Å². The lowest BCUT2D eigenvalue weighted by atomic mass is 10.0. The van der Waals surface area contributed by atoms with Gasteiger partial charge in [0.15, 0.2) is 0 Å². The normalized spacial score (nSPS) is 18.3. The van der Waals surface area contributed by atoms with Gasteiger partial charge in [-0.15, -0.1) is 0 Å². The molecule has 1 aliphatic carbocycles. The molecule has 1 fully saturated rings. The van der Waals surface area contributed by atoms with Crippen molar-refractivity contribution in [1.82, 2.24) is 19.9 Å². The lowest BCUT2D eigenvalue weighted by molar-refractivity contribution is -0.137. The highest BCUT2D eigenvalue weighted by Crippen LogP contribution is 2.33. The summed E-state index contributed by atoms with van der Waals surface area (Å²) in [6.45, 7) is 0. The zero-order valence-corrected chi connectivity index (χ0v) is 19.6. The van der Waals surface area contributed by atoms with Crippen molar-refractivity contribution in [2.45, 2.75) is 50.4 Å². The van der Waals surface area contributed by atoms with Gasteiger partial charge in [-0.05, 0) is 62.4 Å². The van der Waals surface area contributed by atoms with Gasteiger partial charge in [0.1, 0.15) is 11.7 Å². The third kappa shape index (κ3) is 5.84. The number of benzene rings is 1. The number of amides is 2. The summed E-state index contributed by atoms with van der Waals surface area (Å²) in [5, 5.41) is 2.88. The van der Waals surface area contributed by atoms with Crippen LogP contribution >= 0.6 is 0 Å². The Hall–Kier alpha value is -3.89. The monoisotopic (exact) mass is 501 g/mol. The van der Waals surface area contributed by atoms with Crippen molar-refractivity contribution in [3.8, 4) is 17.1 Å². The van der Waals surface area contributed by atoms with Gasteiger partial charge in [-0.3, -0.25) is 9.59 Å². The number of alkyl halides is 3. The summed E-state index contributed by atoms with van der Waals surface area (Å²) in [5.41, 5.74) is 5.33. The van der Waals surface area contributed by atoms with Crippen LogP contribution in [0.25, 0.3) is 11.3 Å². The molecule has 0 aliphatic heterocycles. The summed E-state index contributed by atoms with van der Waals surface area (Å²) >= 11 is 0. The number of primary amides is 1. The van der Waals surface area contributed by atoms with E-state index >= 15 is 0 Å². The summed E-state index contributed by atoms with van der Waals surface area (Å²) in [6.07, 6.45) is 2.78. The zero-order valence-electron chi connectivity index (χ0n) is 19.6. The molecule has 36 heavy (non-hydrogen) atoms. The van der Waals surface area contributed by atoms with Crippen molar-refractivity contribution < 1.29 is 27.5 Å². The fourth-order valence-corrected chi connectivity index (χ4v) is 4.33. The number of aryl methyl sites for hydroxylation is 1. The van der Waals surface area contributed by atoms with Gasteiger partial charge in [0.25, 0.3) is 11.8 Å². The van der Waals surface area contributed by atoms with Crippen LogP contribution in [0.1, 0.15) is 58.4 Å². The second-order valence-corrected chi connectivity index (χ2v) is 8.83. The van der Waals surface area contributed by atoms with E-state index in [1.807, 2.05) is 0 Å². The number of aromatic nitrogens is 3. The van der Waals surface area contributed by atoms with Crippen LogP contribution in [0, 0.1) is 0 Å². The Kier molecular flexibility index (Phi) is 7.27. The van der Waals surface area contributed by atoms with E-state index in [2.05, 4.69) is 15.3 Å². The van der Waals surface area contributed by atoms with E-state index < -0.39 is 23.6 Å². The van der Waals surface area contributed by atoms with E-state index in [0.717, 1.165) is 18.6 Å². The average molecular weight is 502 g/mol. The Labute approximate surface area is 205 Å². The number of hydrogen-bond acceptors (Lipinski definition) is 5. The fourth-order valence-electron chi connectivity index (χ4n) is 4.33. The van der Waals surface area contributed by atoms with E-state index in [0.29, 0.717) is 31.4 Å². The van der Waals surface area contributed by atoms with Crippen LogP contribution in [0.4, 0.5) is 13.2 Å². The maximum absolute atomic E-state index is 13.6. The Balaban J connectivity index is 1.46. The van der Waals surface area contributed by atoms with Gasteiger partial charge in [-0.1, -0.05) is 0 Å². The first kappa shape index (κ1) is 25.2. The minimum absolute atomic E-state index is 0.0716. The molecule has 190 valence electrons. The molecule has 4 rings (SSSR count). The number of ether oxygens (including phenoxy) is 1. The van der Waals surface area contributed by atoms with Crippen molar-refractivity contribution in [3.63, 3.8) is 0 Å². The van der Waals surface area contributed by atoms with Gasteiger partial charge in [0.05, 0.1) is 23.8 Å². The fraction of sp³-hybridized carbons (Fsp3) is 0.360. The number of nitrogens with one attached hydrogen (secondary N) is 1. The summed E-state index contributed by atoms with van der Waals surface area (Å²) in [4.78, 5) is 32.7. The average Bonchev–Trinajstić information content (AvgIpc) is 3.15. The molecule has 0 bridgehead atoms. The maximum atomic E-state index is 13.6. The first-order chi connectivity index (χ1) is 17.1. The summed E-state index contributed by atoms with van der Waals surface area (Å²) in [7, 11) is 1.67. The molecule has 3 aromatic rings. The topological polar surface area (TPSA) is 112 Å². The van der Waals surface area contributed by atoms with Crippen LogP contribution in [0.2, 0.25) is 0 Å². The highest BCUT2D eigenvalue weighted by Gasteiger charge is 2.32. The summed E-state index contributed by atoms with van der Waals surface area (Å²) in [5.74, 6) is -1.04. The number of carbonyl (C=O) groups excluding carboxylic acids is 2. The van der Waals surface area contributed by atoms with Crippen molar-refractivity contribution in [1.29, 1.82) is 0 Å². The van der Waals surface area contributed by atoms with Crippen molar-refractivity contribution in [3.05, 3.63) is 65.7 Å². The Morgan fingerprint density at radius 1 is 1.17 bits per heavy atom. The molecular formula is C25H26F3N5O3. The lowest BCUT2D eigenvalue weighted by Gasteiger charge is -2.19. The summed E-state index contributed by atoms with van der Waals surface area (Å²) < 4.78 is 48.2. The quantitative estimate of drug-likeness (QED) is 0.494. The number of nitrogens with two attached hydrogens (primary N) is 1. The van der Waals surface area contributed by atoms with E-state index in [9.17, 15) is 22.8 Å². The molecule has 2 aromatic heterocycles. The first-order valence-electron chi connectivity index (χ1n) is 11.5. The van der Waals surface area contributed by atoms with Crippen LogP contribution in [0.5, 0.6) is 5.88 Å². The van der Waals surface area contributed by atoms with Crippen LogP contribution in [-0.2, 0) is 13.2 Å². The molecule has 2 amide bonds. The second kappa shape index (κ2) is 10.4. The molecule has 2 heterocycles. The molecule has 3 N–H and O–H groups in total. The minimum Gasteiger partial charge on any atom is -0.474 e. The minimum atomic E-state index is -4.61. The maximum Gasteiger partial charge on any atom is 0.416 e. The molecule has 0 radical (unpaired) electrons. The molecule has 1 unspecified atom stereocenters. The van der Waals surface area contributed by atoms with Gasteiger partial charge in [-0.2, -0.15) is 13.2 Å². The van der Waals surface area contributed by atoms with E-state index in [4.69, 9.17) is 10.5 Å². The van der Waals surface area contributed by atoms with E-state index in [1.165, 1.54) is 24.8 Å². The largest absolute Gasteiger partial charge is 0.474 e. The molecule has 1 aliphatic rings. The van der Waals surface area contributed by atoms with Gasteiger partial charge < -0.3 is 20.4 Å². The third-order valence-corrected chi connectivity index (χ3v) is 6.20.